The van der Waals surface area contributed by atoms with E-state index in [1.165, 1.54) is 0 Å². The summed E-state index contributed by atoms with van der Waals surface area (Å²) in [6, 6.07) is 19.7. The molecule has 2 N–H and O–H groups in total. The lowest BCUT2D eigenvalue weighted by Crippen LogP contribution is -2.24. The summed E-state index contributed by atoms with van der Waals surface area (Å²) >= 11 is 5.30. The number of ether oxygens (including phenoxy) is 2. The number of nitrogens with zero attached hydrogens (tertiary/aromatic N) is 1. The fourth-order valence-electron chi connectivity index (χ4n) is 2.63. The maximum absolute atomic E-state index is 5.30. The molecule has 0 radical (unpaired) electrons. The molecule has 27 heavy (non-hydrogen) atoms. The van der Waals surface area contributed by atoms with Crippen molar-refractivity contribution in [1.82, 2.24) is 5.43 Å². The van der Waals surface area contributed by atoms with Crippen LogP contribution >= 0.6 is 12.2 Å². The van der Waals surface area contributed by atoms with Gasteiger partial charge in [-0.05, 0) is 65.8 Å². The first-order valence-corrected chi connectivity index (χ1v) is 8.83. The van der Waals surface area contributed by atoms with Crippen molar-refractivity contribution < 1.29 is 9.47 Å². The van der Waals surface area contributed by atoms with Crippen molar-refractivity contribution in [2.24, 2.45) is 5.10 Å². The molecule has 0 unspecified atom stereocenters. The molecule has 5 nitrogen and oxygen atoms in total. The molecule has 6 heteroatoms. The van der Waals surface area contributed by atoms with Crippen LogP contribution in [-0.4, -0.2) is 25.0 Å². The summed E-state index contributed by atoms with van der Waals surface area (Å²) in [5.74, 6) is 1.60. The van der Waals surface area contributed by atoms with Crippen molar-refractivity contribution in [3.63, 3.8) is 0 Å². The lowest BCUT2D eigenvalue weighted by Gasteiger charge is -2.10. The van der Waals surface area contributed by atoms with Crippen molar-refractivity contribution in [1.29, 1.82) is 0 Å². The van der Waals surface area contributed by atoms with Crippen LogP contribution in [0.15, 0.2) is 65.8 Å². The summed E-state index contributed by atoms with van der Waals surface area (Å²) < 4.78 is 10.5. The summed E-state index contributed by atoms with van der Waals surface area (Å²) in [4.78, 5) is 0. The van der Waals surface area contributed by atoms with E-state index < -0.39 is 0 Å². The molecule has 0 spiro atoms. The monoisotopic (exact) mass is 379 g/mol. The molecule has 0 saturated carbocycles. The van der Waals surface area contributed by atoms with Gasteiger partial charge in [-0.1, -0.05) is 24.3 Å². The molecule has 3 aromatic rings. The minimum Gasteiger partial charge on any atom is -0.497 e. The van der Waals surface area contributed by atoms with Crippen molar-refractivity contribution in [3.8, 4) is 11.5 Å². The van der Waals surface area contributed by atoms with Crippen molar-refractivity contribution in [2.45, 2.75) is 6.92 Å². The van der Waals surface area contributed by atoms with Crippen molar-refractivity contribution in [3.05, 3.63) is 66.2 Å². The Morgan fingerprint density at radius 2 is 1.59 bits per heavy atom. The molecule has 0 aliphatic carbocycles. The van der Waals surface area contributed by atoms with Gasteiger partial charge < -0.3 is 14.8 Å². The van der Waals surface area contributed by atoms with E-state index in [4.69, 9.17) is 21.7 Å². The Balaban J connectivity index is 1.69. The van der Waals surface area contributed by atoms with Crippen molar-refractivity contribution in [2.75, 3.05) is 19.5 Å². The number of hydrogen-bond donors (Lipinski definition) is 2. The molecular weight excluding hydrogens is 358 g/mol. The van der Waals surface area contributed by atoms with Crippen LogP contribution < -0.4 is 20.2 Å². The Hall–Kier alpha value is -3.12. The van der Waals surface area contributed by atoms with Gasteiger partial charge >= 0.3 is 0 Å². The van der Waals surface area contributed by atoms with E-state index in [0.29, 0.717) is 5.11 Å². The molecule has 3 rings (SSSR count). The zero-order valence-corrected chi connectivity index (χ0v) is 16.3. The van der Waals surface area contributed by atoms with Crippen LogP contribution in [0.3, 0.4) is 0 Å². The molecule has 0 aromatic heterocycles. The predicted octanol–water partition coefficient (Wildman–Crippen LogP) is 4.57. The van der Waals surface area contributed by atoms with Crippen LogP contribution in [0.25, 0.3) is 10.8 Å². The third-order valence-corrected chi connectivity index (χ3v) is 4.31. The zero-order chi connectivity index (χ0) is 19.2. The number of rotatable bonds is 5. The van der Waals surface area contributed by atoms with Crippen LogP contribution in [-0.2, 0) is 0 Å². The highest BCUT2D eigenvalue weighted by molar-refractivity contribution is 7.80. The number of hydrazone groups is 1. The average molecular weight is 379 g/mol. The molecule has 138 valence electrons. The van der Waals surface area contributed by atoms with Gasteiger partial charge in [0.25, 0.3) is 0 Å². The standard InChI is InChI=1S/C21H21N3O2S/c1-14(15-7-8-17-12-20(26-3)10-9-16(17)11-15)23-24-21(27)22-18-5-4-6-19(13-18)25-2/h4-13H,1-3H3,(H2,22,24,27)/b23-14-. The number of thiocarbonyl (C=S) groups is 1. The molecule has 0 bridgehead atoms. The van der Waals surface area contributed by atoms with E-state index in [-0.39, 0.29) is 0 Å². The van der Waals surface area contributed by atoms with Gasteiger partial charge in [0.15, 0.2) is 5.11 Å². The fourth-order valence-corrected chi connectivity index (χ4v) is 2.80. The predicted molar refractivity (Wildman–Crippen MR) is 115 cm³/mol. The molecule has 0 saturated heterocycles. The van der Waals surface area contributed by atoms with Crippen molar-refractivity contribution >= 4 is 39.5 Å². The van der Waals surface area contributed by atoms with Crippen LogP contribution in [0, 0.1) is 0 Å². The molecule has 0 amide bonds. The van der Waals surface area contributed by atoms with E-state index in [9.17, 15) is 0 Å². The fraction of sp³-hybridized carbons (Fsp3) is 0.143. The molecular formula is C21H21N3O2S. The van der Waals surface area contributed by atoms with Gasteiger partial charge in [-0.25, -0.2) is 0 Å². The SMILES string of the molecule is COc1cccc(NC(=S)N/N=C(/C)c2ccc3cc(OC)ccc3c2)c1. The number of hydrogen-bond acceptors (Lipinski definition) is 4. The first-order valence-electron chi connectivity index (χ1n) is 8.42. The highest BCUT2D eigenvalue weighted by Gasteiger charge is 2.03. The van der Waals surface area contributed by atoms with Crippen LogP contribution in [0.5, 0.6) is 11.5 Å². The van der Waals surface area contributed by atoms with E-state index in [2.05, 4.69) is 28.0 Å². The van der Waals surface area contributed by atoms with Gasteiger partial charge in [-0.3, -0.25) is 5.43 Å². The van der Waals surface area contributed by atoms with E-state index >= 15 is 0 Å². The minimum atomic E-state index is 0.410. The molecule has 0 atom stereocenters. The second-order valence-corrected chi connectivity index (χ2v) is 6.33. The Morgan fingerprint density at radius 1 is 0.889 bits per heavy atom. The Kier molecular flexibility index (Phi) is 5.88. The smallest absolute Gasteiger partial charge is 0.191 e. The van der Waals surface area contributed by atoms with Crippen LogP contribution in [0.4, 0.5) is 5.69 Å². The normalized spacial score (nSPS) is 11.1. The summed E-state index contributed by atoms with van der Waals surface area (Å²) in [5, 5.41) is 10.1. The van der Waals surface area contributed by atoms with Gasteiger partial charge in [0, 0.05) is 11.8 Å². The van der Waals surface area contributed by atoms with Crippen LogP contribution in [0.1, 0.15) is 12.5 Å². The van der Waals surface area contributed by atoms with Gasteiger partial charge in [-0.15, -0.1) is 0 Å². The highest BCUT2D eigenvalue weighted by atomic mass is 32.1. The Labute approximate surface area is 164 Å². The van der Waals surface area contributed by atoms with Gasteiger partial charge in [-0.2, -0.15) is 5.10 Å². The van der Waals surface area contributed by atoms with E-state index in [0.717, 1.165) is 39.2 Å². The number of methoxy groups -OCH3 is 2. The van der Waals surface area contributed by atoms with E-state index in [1.54, 1.807) is 14.2 Å². The van der Waals surface area contributed by atoms with Crippen LogP contribution in [0.2, 0.25) is 0 Å². The maximum atomic E-state index is 5.30. The molecule has 0 aliphatic heterocycles. The van der Waals surface area contributed by atoms with E-state index in [1.807, 2.05) is 55.5 Å². The minimum absolute atomic E-state index is 0.410. The van der Waals surface area contributed by atoms with Gasteiger partial charge in [0.2, 0.25) is 0 Å². The number of anilines is 1. The summed E-state index contributed by atoms with van der Waals surface area (Å²) in [5.41, 5.74) is 5.57. The number of nitrogens with one attached hydrogen (secondary N) is 2. The summed E-state index contributed by atoms with van der Waals surface area (Å²) in [6.07, 6.45) is 0. The highest BCUT2D eigenvalue weighted by Crippen LogP contribution is 2.22. The number of benzene rings is 3. The lowest BCUT2D eigenvalue weighted by molar-refractivity contribution is 0.415. The zero-order valence-electron chi connectivity index (χ0n) is 15.4. The third-order valence-electron chi connectivity index (χ3n) is 4.12. The quantitative estimate of drug-likeness (QED) is 0.386. The van der Waals surface area contributed by atoms with Gasteiger partial charge in [0.05, 0.1) is 19.9 Å². The molecule has 0 fully saturated rings. The lowest BCUT2D eigenvalue weighted by atomic mass is 10.0. The second-order valence-electron chi connectivity index (χ2n) is 5.92. The topological polar surface area (TPSA) is 54.9 Å². The molecule has 3 aromatic carbocycles. The van der Waals surface area contributed by atoms with Gasteiger partial charge in [0.1, 0.15) is 11.5 Å². The second kappa shape index (κ2) is 8.51. The first kappa shape index (κ1) is 18.7. The first-order chi connectivity index (χ1) is 13.1. The third kappa shape index (κ3) is 4.74. The average Bonchev–Trinajstić information content (AvgIpc) is 2.71. The largest absolute Gasteiger partial charge is 0.497 e. The Morgan fingerprint density at radius 3 is 2.37 bits per heavy atom. The Bertz CT molecular complexity index is 1000. The molecule has 0 aliphatic rings. The summed E-state index contributed by atoms with van der Waals surface area (Å²) in [6.45, 7) is 1.94. The number of fused-ring (bicyclic) bond motifs is 1. The molecule has 0 heterocycles. The summed E-state index contributed by atoms with van der Waals surface area (Å²) in [7, 11) is 3.30. The maximum Gasteiger partial charge on any atom is 0.191 e.